The van der Waals surface area contributed by atoms with Gasteiger partial charge in [-0.05, 0) is 88.1 Å². The van der Waals surface area contributed by atoms with Crippen molar-refractivity contribution in [1.29, 1.82) is 0 Å². The number of aryl methyl sites for hydroxylation is 2. The van der Waals surface area contributed by atoms with Crippen molar-refractivity contribution < 1.29 is 19.1 Å². The summed E-state index contributed by atoms with van der Waals surface area (Å²) in [6.45, 7) is 11.2. The van der Waals surface area contributed by atoms with Gasteiger partial charge in [-0.25, -0.2) is 4.79 Å². The number of rotatable bonds is 10. The molecule has 1 aliphatic carbocycles. The SMILES string of the molecule is C#Cc1ccccc1C(C(=O)Nc1c(C)cccc1C)N(C(=O)C(CCSC)NC(=O)OC(C)(C)C)C1CC1C. The maximum atomic E-state index is 14.4. The zero-order chi connectivity index (χ0) is 29.6. The number of carbonyl (C=O) groups excluding carboxylic acids is 3. The van der Waals surface area contributed by atoms with Crippen molar-refractivity contribution in [3.05, 3.63) is 64.7 Å². The van der Waals surface area contributed by atoms with Crippen LogP contribution in [0.2, 0.25) is 0 Å². The van der Waals surface area contributed by atoms with Gasteiger partial charge in [0.15, 0.2) is 0 Å². The van der Waals surface area contributed by atoms with E-state index in [2.05, 4.69) is 23.5 Å². The molecule has 4 atom stereocenters. The Balaban J connectivity index is 2.09. The van der Waals surface area contributed by atoms with Crippen molar-refractivity contribution >= 4 is 35.4 Å². The zero-order valence-electron chi connectivity index (χ0n) is 24.5. The van der Waals surface area contributed by atoms with E-state index in [-0.39, 0.29) is 23.8 Å². The highest BCUT2D eigenvalue weighted by atomic mass is 32.2. The topological polar surface area (TPSA) is 87.7 Å². The molecule has 0 heterocycles. The maximum absolute atomic E-state index is 14.4. The first-order valence-electron chi connectivity index (χ1n) is 13.6. The van der Waals surface area contributed by atoms with Crippen molar-refractivity contribution in [2.24, 2.45) is 5.92 Å². The summed E-state index contributed by atoms with van der Waals surface area (Å²) in [4.78, 5) is 43.1. The van der Waals surface area contributed by atoms with Gasteiger partial charge >= 0.3 is 6.09 Å². The number of nitrogens with one attached hydrogen (secondary N) is 2. The molecule has 0 saturated heterocycles. The van der Waals surface area contributed by atoms with Crippen LogP contribution in [0.3, 0.4) is 0 Å². The number of thioether (sulfide) groups is 1. The molecular formula is C32H41N3O4S. The Bertz CT molecular complexity index is 1260. The minimum absolute atomic E-state index is 0.177. The van der Waals surface area contributed by atoms with E-state index in [1.165, 1.54) is 0 Å². The van der Waals surface area contributed by atoms with E-state index in [1.54, 1.807) is 49.6 Å². The fraction of sp³-hybridized carbons (Fsp3) is 0.469. The molecule has 3 amide bonds. The molecule has 8 heteroatoms. The van der Waals surface area contributed by atoms with Gasteiger partial charge in [-0.3, -0.25) is 9.59 Å². The summed E-state index contributed by atoms with van der Waals surface area (Å²) in [7, 11) is 0. The molecule has 0 aromatic heterocycles. The van der Waals surface area contributed by atoms with E-state index >= 15 is 0 Å². The predicted molar refractivity (Wildman–Crippen MR) is 162 cm³/mol. The molecule has 214 valence electrons. The van der Waals surface area contributed by atoms with Crippen LogP contribution >= 0.6 is 11.8 Å². The number of carbonyl (C=O) groups is 3. The van der Waals surface area contributed by atoms with Crippen molar-refractivity contribution in [2.45, 2.75) is 78.1 Å². The minimum atomic E-state index is -0.995. The van der Waals surface area contributed by atoms with Crippen molar-refractivity contribution in [2.75, 3.05) is 17.3 Å². The van der Waals surface area contributed by atoms with Crippen molar-refractivity contribution in [3.63, 3.8) is 0 Å². The van der Waals surface area contributed by atoms with Gasteiger partial charge in [0.1, 0.15) is 17.7 Å². The molecule has 0 bridgehead atoms. The third-order valence-electron chi connectivity index (χ3n) is 6.95. The molecule has 1 fully saturated rings. The summed E-state index contributed by atoms with van der Waals surface area (Å²) >= 11 is 1.58. The number of ether oxygens (including phenoxy) is 1. The summed E-state index contributed by atoms with van der Waals surface area (Å²) in [5.41, 5.74) is 2.93. The number of alkyl carbamates (subject to hydrolysis) is 1. The lowest BCUT2D eigenvalue weighted by Gasteiger charge is -2.35. The Morgan fingerprint density at radius 2 is 1.75 bits per heavy atom. The highest BCUT2D eigenvalue weighted by Crippen LogP contribution is 2.42. The van der Waals surface area contributed by atoms with E-state index in [0.717, 1.165) is 17.5 Å². The first-order valence-corrected chi connectivity index (χ1v) is 15.0. The van der Waals surface area contributed by atoms with Gasteiger partial charge in [-0.1, -0.05) is 49.2 Å². The number of nitrogens with zero attached hydrogens (tertiary/aromatic N) is 1. The summed E-state index contributed by atoms with van der Waals surface area (Å²) < 4.78 is 5.48. The summed E-state index contributed by atoms with van der Waals surface area (Å²) in [6, 6.07) is 11.0. The summed E-state index contributed by atoms with van der Waals surface area (Å²) in [6.07, 6.45) is 8.28. The van der Waals surface area contributed by atoms with E-state index < -0.39 is 23.8 Å². The molecule has 4 unspecified atom stereocenters. The number of hydrogen-bond acceptors (Lipinski definition) is 5. The normalized spacial score (nSPS) is 17.6. The second-order valence-electron chi connectivity index (χ2n) is 11.4. The average Bonchev–Trinajstić information content (AvgIpc) is 3.61. The molecule has 40 heavy (non-hydrogen) atoms. The van der Waals surface area contributed by atoms with Crippen LogP contribution in [-0.4, -0.2) is 52.5 Å². The molecule has 0 spiro atoms. The molecule has 0 radical (unpaired) electrons. The van der Waals surface area contributed by atoms with Gasteiger partial charge in [0.2, 0.25) is 5.91 Å². The Hall–Kier alpha value is -3.44. The second kappa shape index (κ2) is 13.3. The van der Waals surface area contributed by atoms with Crippen molar-refractivity contribution in [1.82, 2.24) is 10.2 Å². The molecule has 3 rings (SSSR count). The van der Waals surface area contributed by atoms with Crippen LogP contribution in [0.15, 0.2) is 42.5 Å². The standard InChI is InChI=1S/C32H41N3O4S/c1-9-23-15-10-11-16-24(23)28(29(36)34-27-20(2)13-12-14-21(27)3)35(26-19-22(26)4)30(37)25(17-18-40-8)33-31(38)39-32(5,6)7/h1,10-16,22,25-26,28H,17-19H2,2-8H3,(H,33,38)(H,34,36). The van der Waals surface area contributed by atoms with Gasteiger partial charge in [0, 0.05) is 17.3 Å². The fourth-order valence-corrected chi connectivity index (χ4v) is 5.25. The predicted octanol–water partition coefficient (Wildman–Crippen LogP) is 5.85. The van der Waals surface area contributed by atoms with Gasteiger partial charge in [-0.2, -0.15) is 11.8 Å². The van der Waals surface area contributed by atoms with Crippen LogP contribution in [-0.2, 0) is 14.3 Å². The van der Waals surface area contributed by atoms with Crippen LogP contribution in [0.4, 0.5) is 10.5 Å². The lowest BCUT2D eigenvalue weighted by molar-refractivity contribution is -0.141. The monoisotopic (exact) mass is 563 g/mol. The summed E-state index contributed by atoms with van der Waals surface area (Å²) in [5, 5.41) is 5.89. The van der Waals surface area contributed by atoms with E-state index in [4.69, 9.17) is 11.2 Å². The molecule has 0 aliphatic heterocycles. The highest BCUT2D eigenvalue weighted by Gasteiger charge is 2.48. The number of amides is 3. The Labute approximate surface area is 242 Å². The maximum Gasteiger partial charge on any atom is 0.408 e. The first kappa shape index (κ1) is 31.1. The highest BCUT2D eigenvalue weighted by molar-refractivity contribution is 7.98. The Morgan fingerprint density at radius 1 is 1.12 bits per heavy atom. The molecule has 1 aliphatic rings. The van der Waals surface area contributed by atoms with E-state index in [1.807, 2.05) is 50.4 Å². The quantitative estimate of drug-likeness (QED) is 0.354. The number of anilines is 1. The minimum Gasteiger partial charge on any atom is -0.444 e. The lowest BCUT2D eigenvalue weighted by Crippen LogP contribution is -2.53. The van der Waals surface area contributed by atoms with Gasteiger partial charge < -0.3 is 20.3 Å². The Morgan fingerprint density at radius 3 is 2.30 bits per heavy atom. The number of hydrogen-bond donors (Lipinski definition) is 2. The zero-order valence-corrected chi connectivity index (χ0v) is 25.4. The van der Waals surface area contributed by atoms with Crippen LogP contribution in [0.1, 0.15) is 68.8 Å². The molecule has 2 aromatic carbocycles. The van der Waals surface area contributed by atoms with Crippen LogP contribution in [0.25, 0.3) is 0 Å². The molecule has 1 saturated carbocycles. The molecule has 2 aromatic rings. The molecular weight excluding hydrogens is 522 g/mol. The van der Waals surface area contributed by atoms with E-state index in [9.17, 15) is 14.4 Å². The third-order valence-corrected chi connectivity index (χ3v) is 7.59. The van der Waals surface area contributed by atoms with Gasteiger partial charge in [0.05, 0.1) is 0 Å². The first-order chi connectivity index (χ1) is 18.9. The van der Waals surface area contributed by atoms with Gasteiger partial charge in [0.25, 0.3) is 5.91 Å². The van der Waals surface area contributed by atoms with Crippen LogP contribution < -0.4 is 10.6 Å². The summed E-state index contributed by atoms with van der Waals surface area (Å²) in [5.74, 6) is 2.84. The average molecular weight is 564 g/mol. The largest absolute Gasteiger partial charge is 0.444 e. The van der Waals surface area contributed by atoms with Crippen molar-refractivity contribution in [3.8, 4) is 12.3 Å². The molecule has 2 N–H and O–H groups in total. The number of para-hydroxylation sites is 1. The van der Waals surface area contributed by atoms with E-state index in [0.29, 0.717) is 29.0 Å². The fourth-order valence-electron chi connectivity index (χ4n) is 4.78. The van der Waals surface area contributed by atoms with Crippen LogP contribution in [0.5, 0.6) is 0 Å². The van der Waals surface area contributed by atoms with Crippen LogP contribution in [0, 0.1) is 32.1 Å². The third kappa shape index (κ3) is 7.82. The number of benzene rings is 2. The number of terminal acetylenes is 1. The van der Waals surface area contributed by atoms with Gasteiger partial charge in [-0.15, -0.1) is 6.42 Å². The second-order valence-corrected chi connectivity index (χ2v) is 12.4. The lowest BCUT2D eigenvalue weighted by atomic mass is 9.96. The Kier molecular flexibility index (Phi) is 10.3. The smallest absolute Gasteiger partial charge is 0.408 e. The molecule has 7 nitrogen and oxygen atoms in total.